The molecule has 0 aliphatic carbocycles. The Morgan fingerprint density at radius 1 is 0.964 bits per heavy atom. The van der Waals surface area contributed by atoms with Crippen molar-refractivity contribution in [2.75, 3.05) is 45.2 Å². The molecule has 148 valence electrons. The van der Waals surface area contributed by atoms with Crippen molar-refractivity contribution in [1.29, 1.82) is 0 Å². The number of nitrogens with zero attached hydrogens (tertiary/aromatic N) is 2. The molecule has 1 heterocycles. The van der Waals surface area contributed by atoms with Gasteiger partial charge in [0.15, 0.2) is 0 Å². The number of hydrogen-bond acceptors (Lipinski definition) is 4. The van der Waals surface area contributed by atoms with Crippen molar-refractivity contribution >= 4 is 17.7 Å². The largest absolute Gasteiger partial charge is 0.465 e. The SMILES string of the molecule is COC(=O)c1ccc(NC(=O)N2CCN(CCCc3ccccc3)CC2)cc1. The van der Waals surface area contributed by atoms with E-state index in [1.165, 1.54) is 12.7 Å². The van der Waals surface area contributed by atoms with Crippen LogP contribution in [0, 0.1) is 0 Å². The van der Waals surface area contributed by atoms with Gasteiger partial charge in [-0.05, 0) is 49.2 Å². The van der Waals surface area contributed by atoms with Crippen LogP contribution in [0.4, 0.5) is 10.5 Å². The third-order valence-electron chi connectivity index (χ3n) is 5.00. The van der Waals surface area contributed by atoms with E-state index in [9.17, 15) is 9.59 Å². The lowest BCUT2D eigenvalue weighted by Gasteiger charge is -2.34. The van der Waals surface area contributed by atoms with Crippen molar-refractivity contribution in [3.05, 3.63) is 65.7 Å². The summed E-state index contributed by atoms with van der Waals surface area (Å²) in [7, 11) is 1.35. The van der Waals surface area contributed by atoms with Crippen LogP contribution in [0.15, 0.2) is 54.6 Å². The number of nitrogens with one attached hydrogen (secondary N) is 1. The highest BCUT2D eigenvalue weighted by atomic mass is 16.5. The number of benzene rings is 2. The molecular weight excluding hydrogens is 354 g/mol. The van der Waals surface area contributed by atoms with Gasteiger partial charge in [0.25, 0.3) is 0 Å². The van der Waals surface area contributed by atoms with E-state index in [1.807, 2.05) is 11.0 Å². The number of anilines is 1. The van der Waals surface area contributed by atoms with Crippen molar-refractivity contribution in [3.8, 4) is 0 Å². The second-order valence-corrected chi connectivity index (χ2v) is 6.92. The van der Waals surface area contributed by atoms with E-state index in [2.05, 4.69) is 39.2 Å². The third-order valence-corrected chi connectivity index (χ3v) is 5.00. The van der Waals surface area contributed by atoms with Gasteiger partial charge in [0.2, 0.25) is 0 Å². The van der Waals surface area contributed by atoms with Crippen LogP contribution in [-0.2, 0) is 11.2 Å². The zero-order valence-electron chi connectivity index (χ0n) is 16.3. The Bertz CT molecular complexity index is 769. The molecule has 28 heavy (non-hydrogen) atoms. The summed E-state index contributed by atoms with van der Waals surface area (Å²) in [5.74, 6) is -0.388. The molecule has 1 fully saturated rings. The van der Waals surface area contributed by atoms with Crippen LogP contribution in [-0.4, -0.2) is 61.6 Å². The number of ether oxygens (including phenoxy) is 1. The minimum Gasteiger partial charge on any atom is -0.465 e. The summed E-state index contributed by atoms with van der Waals surface area (Å²) in [6, 6.07) is 17.1. The topological polar surface area (TPSA) is 61.9 Å². The van der Waals surface area contributed by atoms with E-state index in [0.717, 1.165) is 45.6 Å². The van der Waals surface area contributed by atoms with Crippen LogP contribution in [0.3, 0.4) is 0 Å². The molecule has 0 unspecified atom stereocenters. The Labute approximate surface area is 166 Å². The predicted molar refractivity (Wildman–Crippen MR) is 110 cm³/mol. The van der Waals surface area contributed by atoms with Gasteiger partial charge in [-0.25, -0.2) is 9.59 Å². The van der Waals surface area contributed by atoms with Crippen LogP contribution < -0.4 is 5.32 Å². The summed E-state index contributed by atoms with van der Waals surface area (Å²) in [6.07, 6.45) is 2.21. The molecule has 6 heteroatoms. The number of carbonyl (C=O) groups is 2. The highest BCUT2D eigenvalue weighted by molar-refractivity contribution is 5.92. The summed E-state index contributed by atoms with van der Waals surface area (Å²) in [5, 5.41) is 2.89. The van der Waals surface area contributed by atoms with Crippen LogP contribution in [0.2, 0.25) is 0 Å². The molecule has 0 spiro atoms. The van der Waals surface area contributed by atoms with Crippen LogP contribution in [0.5, 0.6) is 0 Å². The average molecular weight is 381 g/mol. The highest BCUT2D eigenvalue weighted by Crippen LogP contribution is 2.13. The number of piperazine rings is 1. The lowest BCUT2D eigenvalue weighted by molar-refractivity contribution is 0.0600. The van der Waals surface area contributed by atoms with Gasteiger partial charge >= 0.3 is 12.0 Å². The van der Waals surface area contributed by atoms with Crippen molar-refractivity contribution in [2.24, 2.45) is 0 Å². The Hall–Kier alpha value is -2.86. The Morgan fingerprint density at radius 3 is 2.29 bits per heavy atom. The molecule has 1 aliphatic heterocycles. The smallest absolute Gasteiger partial charge is 0.337 e. The number of amides is 2. The van der Waals surface area contributed by atoms with Crippen molar-refractivity contribution < 1.29 is 14.3 Å². The molecule has 0 saturated carbocycles. The fourth-order valence-corrected chi connectivity index (χ4v) is 3.34. The van der Waals surface area contributed by atoms with E-state index in [4.69, 9.17) is 0 Å². The monoisotopic (exact) mass is 381 g/mol. The number of aryl methyl sites for hydroxylation is 1. The molecule has 0 bridgehead atoms. The summed E-state index contributed by atoms with van der Waals surface area (Å²) in [5.41, 5.74) is 2.51. The van der Waals surface area contributed by atoms with Crippen LogP contribution in [0.25, 0.3) is 0 Å². The van der Waals surface area contributed by atoms with Crippen LogP contribution in [0.1, 0.15) is 22.3 Å². The maximum absolute atomic E-state index is 12.5. The number of rotatable bonds is 6. The average Bonchev–Trinajstić information content (AvgIpc) is 2.75. The first kappa shape index (κ1) is 19.9. The van der Waals surface area contributed by atoms with Gasteiger partial charge in [0.05, 0.1) is 12.7 Å². The Balaban J connectivity index is 1.39. The molecule has 0 radical (unpaired) electrons. The van der Waals surface area contributed by atoms with Gasteiger partial charge in [-0.3, -0.25) is 4.90 Å². The molecule has 0 atom stereocenters. The molecule has 6 nitrogen and oxygen atoms in total. The summed E-state index contributed by atoms with van der Waals surface area (Å²) in [4.78, 5) is 28.2. The highest BCUT2D eigenvalue weighted by Gasteiger charge is 2.20. The summed E-state index contributed by atoms with van der Waals surface area (Å²) >= 11 is 0. The van der Waals surface area contributed by atoms with E-state index < -0.39 is 0 Å². The summed E-state index contributed by atoms with van der Waals surface area (Å²) < 4.78 is 4.68. The van der Waals surface area contributed by atoms with E-state index in [0.29, 0.717) is 11.3 Å². The second kappa shape index (κ2) is 9.90. The number of esters is 1. The number of urea groups is 1. The standard InChI is InChI=1S/C22H27N3O3/c1-28-21(26)19-9-11-20(12-10-19)23-22(27)25-16-14-24(15-17-25)13-5-8-18-6-3-2-4-7-18/h2-4,6-7,9-12H,5,8,13-17H2,1H3,(H,23,27). The van der Waals surface area contributed by atoms with Gasteiger partial charge in [0, 0.05) is 31.9 Å². The van der Waals surface area contributed by atoms with Crippen molar-refractivity contribution in [1.82, 2.24) is 9.80 Å². The molecule has 2 amide bonds. The number of methoxy groups -OCH3 is 1. The summed E-state index contributed by atoms with van der Waals surface area (Å²) in [6.45, 7) is 4.28. The lowest BCUT2D eigenvalue weighted by atomic mass is 10.1. The van der Waals surface area contributed by atoms with Gasteiger partial charge in [-0.2, -0.15) is 0 Å². The fraction of sp³-hybridized carbons (Fsp3) is 0.364. The quantitative estimate of drug-likeness (QED) is 0.781. The molecular formula is C22H27N3O3. The first-order valence-corrected chi connectivity index (χ1v) is 9.66. The normalized spacial score (nSPS) is 14.5. The molecule has 3 rings (SSSR count). The molecule has 0 aromatic heterocycles. The van der Waals surface area contributed by atoms with Crippen molar-refractivity contribution in [2.45, 2.75) is 12.8 Å². The third kappa shape index (κ3) is 5.57. The first-order valence-electron chi connectivity index (χ1n) is 9.66. The van der Waals surface area contributed by atoms with Gasteiger partial charge in [-0.1, -0.05) is 30.3 Å². The Kier molecular flexibility index (Phi) is 7.03. The van der Waals surface area contributed by atoms with Crippen molar-refractivity contribution in [3.63, 3.8) is 0 Å². The zero-order chi connectivity index (χ0) is 19.8. The molecule has 2 aromatic carbocycles. The maximum Gasteiger partial charge on any atom is 0.337 e. The lowest BCUT2D eigenvalue weighted by Crippen LogP contribution is -2.50. The second-order valence-electron chi connectivity index (χ2n) is 6.92. The minimum atomic E-state index is -0.388. The van der Waals surface area contributed by atoms with E-state index >= 15 is 0 Å². The number of hydrogen-bond donors (Lipinski definition) is 1. The maximum atomic E-state index is 12.5. The first-order chi connectivity index (χ1) is 13.7. The van der Waals surface area contributed by atoms with Gasteiger partial charge in [-0.15, -0.1) is 0 Å². The Morgan fingerprint density at radius 2 is 1.64 bits per heavy atom. The molecule has 1 N–H and O–H groups in total. The number of carbonyl (C=O) groups excluding carboxylic acids is 2. The van der Waals surface area contributed by atoms with Gasteiger partial charge < -0.3 is 15.0 Å². The molecule has 2 aromatic rings. The zero-order valence-corrected chi connectivity index (χ0v) is 16.3. The van der Waals surface area contributed by atoms with Crippen LogP contribution >= 0.6 is 0 Å². The minimum absolute atomic E-state index is 0.102. The predicted octanol–water partition coefficient (Wildman–Crippen LogP) is 3.26. The van der Waals surface area contributed by atoms with E-state index in [-0.39, 0.29) is 12.0 Å². The fourth-order valence-electron chi connectivity index (χ4n) is 3.34. The molecule has 1 saturated heterocycles. The molecule has 1 aliphatic rings. The van der Waals surface area contributed by atoms with Gasteiger partial charge in [0.1, 0.15) is 0 Å². The van der Waals surface area contributed by atoms with E-state index in [1.54, 1.807) is 24.3 Å².